The summed E-state index contributed by atoms with van der Waals surface area (Å²) in [6.45, 7) is 6.86. The molecule has 25 heavy (non-hydrogen) atoms. The van der Waals surface area contributed by atoms with Crippen LogP contribution in [0.2, 0.25) is 5.02 Å². The molecular weight excluding hydrogens is 358 g/mol. The van der Waals surface area contributed by atoms with Crippen LogP contribution >= 0.6 is 22.9 Å². The number of aromatic nitrogens is 1. The Bertz CT molecular complexity index is 826. The molecule has 0 spiro atoms. The normalized spacial score (nSPS) is 14.9. The summed E-state index contributed by atoms with van der Waals surface area (Å²) in [5, 5.41) is 4.17. The number of anilines is 2. The maximum atomic E-state index is 12.5. The molecule has 2 amide bonds. The summed E-state index contributed by atoms with van der Waals surface area (Å²) < 4.78 is 0. The van der Waals surface area contributed by atoms with Crippen LogP contribution in [0, 0.1) is 0 Å². The Kier molecular flexibility index (Phi) is 4.84. The SMILES string of the molecule is CC(C)(C)c1ncc(C(=O)Nc2cc(N3CCCC3=O)ccc2Cl)s1. The van der Waals surface area contributed by atoms with Crippen molar-refractivity contribution in [2.75, 3.05) is 16.8 Å². The first kappa shape index (κ1) is 17.9. The van der Waals surface area contributed by atoms with Gasteiger partial charge in [-0.1, -0.05) is 32.4 Å². The molecule has 1 aromatic carbocycles. The average Bonchev–Trinajstić information content (AvgIpc) is 3.18. The first-order chi connectivity index (χ1) is 11.8. The van der Waals surface area contributed by atoms with Crippen molar-refractivity contribution in [1.82, 2.24) is 4.98 Å². The lowest BCUT2D eigenvalue weighted by molar-refractivity contribution is -0.117. The number of hydrogen-bond donors (Lipinski definition) is 1. The Balaban J connectivity index is 1.81. The second-order valence-corrected chi connectivity index (χ2v) is 8.48. The van der Waals surface area contributed by atoms with Crippen LogP contribution in [0.5, 0.6) is 0 Å². The number of thiazole rings is 1. The minimum atomic E-state index is -0.250. The molecule has 3 rings (SSSR count). The fourth-order valence-electron chi connectivity index (χ4n) is 2.61. The Morgan fingerprint density at radius 1 is 1.36 bits per heavy atom. The average molecular weight is 378 g/mol. The van der Waals surface area contributed by atoms with Gasteiger partial charge in [-0.05, 0) is 24.6 Å². The number of rotatable bonds is 3. The van der Waals surface area contributed by atoms with Gasteiger partial charge in [-0.3, -0.25) is 9.59 Å². The quantitative estimate of drug-likeness (QED) is 0.858. The van der Waals surface area contributed by atoms with E-state index in [1.807, 2.05) is 0 Å². The van der Waals surface area contributed by atoms with E-state index in [2.05, 4.69) is 31.1 Å². The van der Waals surface area contributed by atoms with Gasteiger partial charge in [-0.15, -0.1) is 11.3 Å². The molecule has 2 heterocycles. The van der Waals surface area contributed by atoms with E-state index in [9.17, 15) is 9.59 Å². The zero-order chi connectivity index (χ0) is 18.2. The molecule has 0 atom stereocenters. The highest BCUT2D eigenvalue weighted by molar-refractivity contribution is 7.13. The van der Waals surface area contributed by atoms with Gasteiger partial charge >= 0.3 is 0 Å². The predicted molar refractivity (Wildman–Crippen MR) is 102 cm³/mol. The highest BCUT2D eigenvalue weighted by Crippen LogP contribution is 2.31. The van der Waals surface area contributed by atoms with Crippen LogP contribution in [0.1, 0.15) is 48.3 Å². The topological polar surface area (TPSA) is 62.3 Å². The van der Waals surface area contributed by atoms with E-state index in [4.69, 9.17) is 11.6 Å². The Morgan fingerprint density at radius 2 is 2.12 bits per heavy atom. The number of halogens is 1. The Morgan fingerprint density at radius 3 is 2.72 bits per heavy atom. The molecule has 1 fully saturated rings. The van der Waals surface area contributed by atoms with Crippen molar-refractivity contribution in [3.05, 3.63) is 39.3 Å². The number of hydrogen-bond acceptors (Lipinski definition) is 4. The molecule has 1 aromatic heterocycles. The molecule has 132 valence electrons. The van der Waals surface area contributed by atoms with Crippen LogP contribution < -0.4 is 10.2 Å². The van der Waals surface area contributed by atoms with Crippen molar-refractivity contribution < 1.29 is 9.59 Å². The van der Waals surface area contributed by atoms with Gasteiger partial charge in [0.1, 0.15) is 4.88 Å². The molecule has 7 heteroatoms. The third-order valence-corrected chi connectivity index (χ3v) is 5.71. The van der Waals surface area contributed by atoms with Gasteiger partial charge in [-0.25, -0.2) is 4.98 Å². The summed E-state index contributed by atoms with van der Waals surface area (Å²) in [6, 6.07) is 5.24. The van der Waals surface area contributed by atoms with Crippen LogP contribution in [-0.4, -0.2) is 23.3 Å². The van der Waals surface area contributed by atoms with E-state index < -0.39 is 0 Å². The summed E-state index contributed by atoms with van der Waals surface area (Å²) >= 11 is 7.59. The summed E-state index contributed by atoms with van der Waals surface area (Å²) in [4.78, 5) is 31.0. The van der Waals surface area contributed by atoms with E-state index in [1.54, 1.807) is 29.3 Å². The van der Waals surface area contributed by atoms with E-state index in [1.165, 1.54) is 11.3 Å². The number of carbonyl (C=O) groups excluding carboxylic acids is 2. The molecule has 1 aliphatic heterocycles. The number of nitrogens with zero attached hydrogens (tertiary/aromatic N) is 2. The van der Waals surface area contributed by atoms with E-state index in [0.29, 0.717) is 28.6 Å². The van der Waals surface area contributed by atoms with Gasteiger partial charge in [0.15, 0.2) is 0 Å². The summed E-state index contributed by atoms with van der Waals surface area (Å²) in [7, 11) is 0. The molecule has 1 saturated heterocycles. The van der Waals surface area contributed by atoms with Crippen molar-refractivity contribution in [2.45, 2.75) is 39.0 Å². The summed E-state index contributed by atoms with van der Waals surface area (Å²) in [6.07, 6.45) is 2.99. The van der Waals surface area contributed by atoms with Gasteiger partial charge in [-0.2, -0.15) is 0 Å². The molecule has 0 bridgehead atoms. The van der Waals surface area contributed by atoms with Crippen molar-refractivity contribution in [3.8, 4) is 0 Å². The number of carbonyl (C=O) groups is 2. The van der Waals surface area contributed by atoms with Crippen LogP contribution in [0.3, 0.4) is 0 Å². The smallest absolute Gasteiger partial charge is 0.267 e. The zero-order valence-electron chi connectivity index (χ0n) is 14.4. The lowest BCUT2D eigenvalue weighted by Gasteiger charge is -2.17. The predicted octanol–water partition coefficient (Wildman–Crippen LogP) is 4.47. The molecule has 2 aromatic rings. The van der Waals surface area contributed by atoms with Crippen molar-refractivity contribution in [2.24, 2.45) is 0 Å². The Labute approximate surface area is 156 Å². The molecular formula is C18H20ClN3O2S. The van der Waals surface area contributed by atoms with E-state index >= 15 is 0 Å². The maximum absolute atomic E-state index is 12.5. The van der Waals surface area contributed by atoms with Crippen molar-refractivity contribution in [1.29, 1.82) is 0 Å². The first-order valence-electron chi connectivity index (χ1n) is 8.13. The molecule has 0 saturated carbocycles. The largest absolute Gasteiger partial charge is 0.320 e. The monoisotopic (exact) mass is 377 g/mol. The third kappa shape index (κ3) is 3.85. The maximum Gasteiger partial charge on any atom is 0.267 e. The second kappa shape index (κ2) is 6.77. The molecule has 0 radical (unpaired) electrons. The standard InChI is InChI=1S/C18H20ClN3O2S/c1-18(2,3)17-20-10-14(25-17)16(24)21-13-9-11(6-7-12(13)19)22-8-4-5-15(22)23/h6-7,9-10H,4-5,8H2,1-3H3,(H,21,24). The molecule has 1 N–H and O–H groups in total. The van der Waals surface area contributed by atoms with Crippen LogP contribution in [-0.2, 0) is 10.2 Å². The van der Waals surface area contributed by atoms with Crippen molar-refractivity contribution in [3.63, 3.8) is 0 Å². The minimum absolute atomic E-state index is 0.0943. The molecule has 0 unspecified atom stereocenters. The van der Waals surface area contributed by atoms with Gasteiger partial charge in [0.25, 0.3) is 5.91 Å². The Hall–Kier alpha value is -1.92. The first-order valence-corrected chi connectivity index (χ1v) is 9.33. The highest BCUT2D eigenvalue weighted by atomic mass is 35.5. The summed E-state index contributed by atoms with van der Waals surface area (Å²) in [5.41, 5.74) is 1.15. The summed E-state index contributed by atoms with van der Waals surface area (Å²) in [5.74, 6) is -0.156. The minimum Gasteiger partial charge on any atom is -0.320 e. The number of amides is 2. The molecule has 1 aliphatic rings. The van der Waals surface area contributed by atoms with Crippen LogP contribution in [0.15, 0.2) is 24.4 Å². The zero-order valence-corrected chi connectivity index (χ0v) is 16.0. The second-order valence-electron chi connectivity index (χ2n) is 7.05. The molecule has 0 aliphatic carbocycles. The van der Waals surface area contributed by atoms with Gasteiger partial charge in [0.2, 0.25) is 5.91 Å². The van der Waals surface area contributed by atoms with Gasteiger partial charge < -0.3 is 10.2 Å². The van der Waals surface area contributed by atoms with Gasteiger partial charge in [0, 0.05) is 24.1 Å². The van der Waals surface area contributed by atoms with E-state index in [-0.39, 0.29) is 17.2 Å². The number of benzene rings is 1. The number of nitrogens with one attached hydrogen (secondary N) is 1. The lowest BCUT2D eigenvalue weighted by Crippen LogP contribution is -2.23. The highest BCUT2D eigenvalue weighted by Gasteiger charge is 2.23. The third-order valence-electron chi connectivity index (χ3n) is 3.95. The lowest BCUT2D eigenvalue weighted by atomic mass is 9.98. The van der Waals surface area contributed by atoms with Crippen LogP contribution in [0.4, 0.5) is 11.4 Å². The van der Waals surface area contributed by atoms with Gasteiger partial charge in [0.05, 0.1) is 21.9 Å². The fourth-order valence-corrected chi connectivity index (χ4v) is 3.64. The van der Waals surface area contributed by atoms with Crippen molar-refractivity contribution >= 4 is 46.1 Å². The van der Waals surface area contributed by atoms with Crippen LogP contribution in [0.25, 0.3) is 0 Å². The molecule has 5 nitrogen and oxygen atoms in total. The fraction of sp³-hybridized carbons (Fsp3) is 0.389. The van der Waals surface area contributed by atoms with E-state index in [0.717, 1.165) is 17.1 Å².